The number of nitrogens with one attached hydrogen (secondary N) is 2. The number of hydrogen-bond acceptors (Lipinski definition) is 3. The molecule has 0 atom stereocenters. The maximum atomic E-state index is 12.3. The molecule has 1 aliphatic carbocycles. The fraction of sp³-hybridized carbons (Fsp3) is 0.263. The van der Waals surface area contributed by atoms with E-state index in [1.807, 2.05) is 24.3 Å². The Labute approximate surface area is 141 Å². The molecule has 24 heavy (non-hydrogen) atoms. The minimum atomic E-state index is -0.180. The van der Waals surface area contributed by atoms with Gasteiger partial charge in [0.2, 0.25) is 5.91 Å². The van der Waals surface area contributed by atoms with Crippen LogP contribution in [0.3, 0.4) is 0 Å². The van der Waals surface area contributed by atoms with E-state index < -0.39 is 0 Å². The zero-order chi connectivity index (χ0) is 16.9. The molecule has 0 aliphatic heterocycles. The molecule has 3 rings (SSSR count). The Kier molecular flexibility index (Phi) is 4.79. The smallest absolute Gasteiger partial charge is 0.251 e. The molecule has 0 saturated heterocycles. The molecule has 2 amide bonds. The van der Waals surface area contributed by atoms with Gasteiger partial charge in [-0.15, -0.1) is 0 Å². The van der Waals surface area contributed by atoms with Gasteiger partial charge in [-0.25, -0.2) is 0 Å². The number of methoxy groups -OCH3 is 1. The van der Waals surface area contributed by atoms with Gasteiger partial charge in [0.1, 0.15) is 5.75 Å². The van der Waals surface area contributed by atoms with Crippen molar-refractivity contribution in [3.8, 4) is 5.75 Å². The molecule has 0 spiro atoms. The van der Waals surface area contributed by atoms with E-state index in [4.69, 9.17) is 4.74 Å². The van der Waals surface area contributed by atoms with Gasteiger partial charge in [-0.3, -0.25) is 9.59 Å². The van der Waals surface area contributed by atoms with Crippen LogP contribution in [0.4, 0.5) is 5.69 Å². The molecule has 0 unspecified atom stereocenters. The predicted octanol–water partition coefficient (Wildman–Crippen LogP) is 2.97. The highest BCUT2D eigenvalue weighted by Gasteiger charge is 2.29. The number of carbonyl (C=O) groups is 2. The van der Waals surface area contributed by atoms with E-state index in [1.54, 1.807) is 31.4 Å². The highest BCUT2D eigenvalue weighted by molar-refractivity contribution is 5.98. The molecule has 1 fully saturated rings. The first-order valence-corrected chi connectivity index (χ1v) is 7.98. The lowest BCUT2D eigenvalue weighted by Gasteiger charge is -2.09. The molecule has 1 saturated carbocycles. The average Bonchev–Trinajstić information content (AvgIpc) is 3.45. The summed E-state index contributed by atoms with van der Waals surface area (Å²) in [7, 11) is 1.61. The van der Waals surface area contributed by atoms with Crippen LogP contribution >= 0.6 is 0 Å². The summed E-state index contributed by atoms with van der Waals surface area (Å²) in [5.41, 5.74) is 2.13. The van der Waals surface area contributed by atoms with Crippen LogP contribution in [-0.4, -0.2) is 18.9 Å². The monoisotopic (exact) mass is 324 g/mol. The maximum Gasteiger partial charge on any atom is 0.251 e. The van der Waals surface area contributed by atoms with Crippen LogP contribution in [0.15, 0.2) is 48.5 Å². The normalized spacial score (nSPS) is 13.2. The molecule has 5 nitrogen and oxygen atoms in total. The van der Waals surface area contributed by atoms with Crippen molar-refractivity contribution < 1.29 is 14.3 Å². The van der Waals surface area contributed by atoms with Crippen molar-refractivity contribution in [2.75, 3.05) is 12.4 Å². The van der Waals surface area contributed by atoms with Crippen molar-refractivity contribution in [3.63, 3.8) is 0 Å². The summed E-state index contributed by atoms with van der Waals surface area (Å²) in [6.45, 7) is 0.411. The third-order valence-electron chi connectivity index (χ3n) is 3.93. The predicted molar refractivity (Wildman–Crippen MR) is 92.0 cm³/mol. The van der Waals surface area contributed by atoms with Gasteiger partial charge in [-0.2, -0.15) is 0 Å². The Hall–Kier alpha value is -2.82. The summed E-state index contributed by atoms with van der Waals surface area (Å²) < 4.78 is 5.17. The van der Waals surface area contributed by atoms with Crippen LogP contribution in [0.5, 0.6) is 5.75 Å². The van der Waals surface area contributed by atoms with Crippen molar-refractivity contribution in [2.24, 2.45) is 5.92 Å². The summed E-state index contributed by atoms with van der Waals surface area (Å²) in [4.78, 5) is 24.1. The number of amides is 2. The van der Waals surface area contributed by atoms with Gasteiger partial charge in [0.25, 0.3) is 5.91 Å². The Morgan fingerprint density at radius 1 is 1.12 bits per heavy atom. The highest BCUT2D eigenvalue weighted by atomic mass is 16.5. The first-order chi connectivity index (χ1) is 11.7. The van der Waals surface area contributed by atoms with Crippen molar-refractivity contribution in [3.05, 3.63) is 59.7 Å². The lowest BCUT2D eigenvalue weighted by molar-refractivity contribution is -0.117. The summed E-state index contributed by atoms with van der Waals surface area (Å²) in [5.74, 6) is 0.742. The van der Waals surface area contributed by atoms with E-state index >= 15 is 0 Å². The van der Waals surface area contributed by atoms with Crippen molar-refractivity contribution in [1.82, 2.24) is 5.32 Å². The first kappa shape index (κ1) is 16.1. The van der Waals surface area contributed by atoms with Gasteiger partial charge < -0.3 is 15.4 Å². The third-order valence-corrected chi connectivity index (χ3v) is 3.93. The molecule has 2 aromatic carbocycles. The Morgan fingerprint density at radius 2 is 1.92 bits per heavy atom. The molecule has 0 heterocycles. The average molecular weight is 324 g/mol. The second kappa shape index (κ2) is 7.17. The number of anilines is 1. The van der Waals surface area contributed by atoms with Gasteiger partial charge in [0.15, 0.2) is 0 Å². The van der Waals surface area contributed by atoms with Crippen LogP contribution in [0.2, 0.25) is 0 Å². The fourth-order valence-corrected chi connectivity index (χ4v) is 2.39. The van der Waals surface area contributed by atoms with E-state index in [0.717, 1.165) is 24.2 Å². The molecule has 0 aromatic heterocycles. The lowest BCUT2D eigenvalue weighted by Crippen LogP contribution is -2.23. The first-order valence-electron chi connectivity index (χ1n) is 7.98. The summed E-state index contributed by atoms with van der Waals surface area (Å²) in [6.07, 6.45) is 1.90. The molecule has 2 N–H and O–H groups in total. The van der Waals surface area contributed by atoms with Gasteiger partial charge in [-0.05, 0) is 48.7 Å². The molecule has 124 valence electrons. The fourth-order valence-electron chi connectivity index (χ4n) is 2.39. The number of rotatable bonds is 6. The number of ether oxygens (including phenoxy) is 1. The molecular weight excluding hydrogens is 304 g/mol. The van der Waals surface area contributed by atoms with Crippen LogP contribution in [0, 0.1) is 5.92 Å². The Balaban J connectivity index is 1.60. The van der Waals surface area contributed by atoms with Crippen LogP contribution in [0.25, 0.3) is 0 Å². The largest absolute Gasteiger partial charge is 0.497 e. The van der Waals surface area contributed by atoms with Gasteiger partial charge >= 0.3 is 0 Å². The second-order valence-corrected chi connectivity index (χ2v) is 5.88. The second-order valence-electron chi connectivity index (χ2n) is 5.88. The van der Waals surface area contributed by atoms with Crippen molar-refractivity contribution >= 4 is 17.5 Å². The number of hydrogen-bond donors (Lipinski definition) is 2. The molecular formula is C19H20N2O3. The molecule has 1 aliphatic rings. The zero-order valence-corrected chi connectivity index (χ0v) is 13.5. The molecule has 2 aromatic rings. The molecule has 0 radical (unpaired) electrons. The highest BCUT2D eigenvalue weighted by Crippen LogP contribution is 2.30. The third kappa shape index (κ3) is 4.13. The van der Waals surface area contributed by atoms with Crippen LogP contribution in [-0.2, 0) is 11.3 Å². The quantitative estimate of drug-likeness (QED) is 0.858. The van der Waals surface area contributed by atoms with Crippen molar-refractivity contribution in [2.45, 2.75) is 19.4 Å². The van der Waals surface area contributed by atoms with Gasteiger partial charge in [0.05, 0.1) is 7.11 Å². The summed E-state index contributed by atoms with van der Waals surface area (Å²) in [6, 6.07) is 14.5. The zero-order valence-electron chi connectivity index (χ0n) is 13.5. The minimum absolute atomic E-state index is 0.0314. The Morgan fingerprint density at radius 3 is 2.67 bits per heavy atom. The topological polar surface area (TPSA) is 67.4 Å². The van der Waals surface area contributed by atoms with E-state index in [1.165, 1.54) is 0 Å². The molecule has 5 heteroatoms. The van der Waals surface area contributed by atoms with Crippen molar-refractivity contribution in [1.29, 1.82) is 0 Å². The minimum Gasteiger partial charge on any atom is -0.497 e. The molecule has 0 bridgehead atoms. The van der Waals surface area contributed by atoms with Gasteiger partial charge in [0, 0.05) is 23.7 Å². The standard InChI is InChI=1S/C19H20N2O3/c1-24-17-7-2-4-13(10-17)12-20-18(22)15-5-3-6-16(11-15)21-19(23)14-8-9-14/h2-7,10-11,14H,8-9,12H2,1H3,(H,20,22)(H,21,23). The van der Waals surface area contributed by atoms with E-state index in [-0.39, 0.29) is 17.7 Å². The number of carbonyl (C=O) groups excluding carboxylic acids is 2. The summed E-state index contributed by atoms with van der Waals surface area (Å²) >= 11 is 0. The lowest BCUT2D eigenvalue weighted by atomic mass is 10.1. The van der Waals surface area contributed by atoms with E-state index in [0.29, 0.717) is 17.8 Å². The van der Waals surface area contributed by atoms with Crippen LogP contribution < -0.4 is 15.4 Å². The Bertz CT molecular complexity index is 754. The van der Waals surface area contributed by atoms with E-state index in [9.17, 15) is 9.59 Å². The summed E-state index contributed by atoms with van der Waals surface area (Å²) in [5, 5.41) is 5.73. The van der Waals surface area contributed by atoms with Gasteiger partial charge in [-0.1, -0.05) is 18.2 Å². The van der Waals surface area contributed by atoms with E-state index in [2.05, 4.69) is 10.6 Å². The van der Waals surface area contributed by atoms with Crippen LogP contribution in [0.1, 0.15) is 28.8 Å². The maximum absolute atomic E-state index is 12.3. The number of benzene rings is 2. The SMILES string of the molecule is COc1cccc(CNC(=O)c2cccc(NC(=O)C3CC3)c2)c1.